The lowest BCUT2D eigenvalue weighted by Gasteiger charge is -2.19. The van der Waals surface area contributed by atoms with Crippen molar-refractivity contribution in [3.63, 3.8) is 0 Å². The van der Waals surface area contributed by atoms with E-state index in [2.05, 4.69) is 31.9 Å². The first-order chi connectivity index (χ1) is 58.3. The molecule has 0 bridgehead atoms. The van der Waals surface area contributed by atoms with Gasteiger partial charge in [-0.25, -0.2) is 4.79 Å². The molecule has 38 nitrogen and oxygen atoms in total. The highest BCUT2D eigenvalue weighted by Crippen LogP contribution is 2.33. The van der Waals surface area contributed by atoms with Crippen molar-refractivity contribution < 1.29 is 152 Å². The average molecular weight is 1740 g/mol. The van der Waals surface area contributed by atoms with Gasteiger partial charge in [0.15, 0.2) is 13.2 Å². The van der Waals surface area contributed by atoms with Crippen molar-refractivity contribution in [1.29, 1.82) is 0 Å². The molecule has 2 aliphatic heterocycles. The van der Waals surface area contributed by atoms with Gasteiger partial charge in [0.1, 0.15) is 28.5 Å². The maximum Gasteiger partial charge on any atom is 0.315 e. The Bertz CT molecular complexity index is 2690. The highest BCUT2D eigenvalue weighted by atomic mass is 32.2. The molecule has 6 N–H and O–H groups in total. The zero-order valence-corrected chi connectivity index (χ0v) is 72.9. The Hall–Kier alpha value is -5.87. The molecule has 1 aromatic rings. The predicted molar refractivity (Wildman–Crippen MR) is 439 cm³/mol. The van der Waals surface area contributed by atoms with Gasteiger partial charge < -0.3 is 146 Å². The number of hydrogen-bond acceptors (Lipinski definition) is 33. The Labute approximate surface area is 712 Å². The molecule has 0 radical (unpaired) electrons. The summed E-state index contributed by atoms with van der Waals surface area (Å²) in [5.74, 6) is -0.864. The zero-order chi connectivity index (χ0) is 86.7. The molecule has 2 heterocycles. The van der Waals surface area contributed by atoms with Gasteiger partial charge in [-0.2, -0.15) is 11.8 Å². The maximum atomic E-state index is 13.4. The van der Waals surface area contributed by atoms with Crippen LogP contribution in [-0.4, -0.2) is 385 Å². The molecule has 2 fully saturated rings. The monoisotopic (exact) mass is 1740 g/mol. The second kappa shape index (κ2) is 74.5. The van der Waals surface area contributed by atoms with Gasteiger partial charge in [0.25, 0.3) is 17.7 Å². The van der Waals surface area contributed by atoms with Crippen molar-refractivity contribution >= 4 is 59.1 Å². The fourth-order valence-electron chi connectivity index (χ4n) is 10.5. The molecule has 0 spiro atoms. The highest BCUT2D eigenvalue weighted by molar-refractivity contribution is 8.00. The fourth-order valence-corrected chi connectivity index (χ4v) is 12.0. The standard InChI is InChI=1S/C81H142N6O32S/c1-80(2,3)118-75(92)14-21-97-27-33-103-38-41-106-36-30-100-24-18-83-73(90)63-116-68-60-66(61-69(62-68)117-64-74(91)84-19-25-101-31-37-107-42-39-104-34-28-98-22-15-76(93)119-81(4,5)6)78(94)85-16-9-10-67(88)13-20-96-26-32-102-40-44-108-46-48-110-50-52-112-54-56-114-58-59-115-57-55-113-53-51-111-49-47-109-45-43-105-35-29-99-23-17-82-72(89)12-8-7-11-71-77-70(65-120-71)86-79(95)87-77/h60-62,70-71,77H,7-59,63-65H2,1-6H3,(H,82,89)(H,83,90)(H,84,91)(H,85,94)(H2,86,87,95)/t70-,71-,77-/m0/s1. The number of Topliss-reactive ketones (excluding diaryl/α,β-unsaturated/α-hetero) is 1. The van der Waals surface area contributed by atoms with Gasteiger partial charge in [-0.05, 0) is 72.9 Å². The van der Waals surface area contributed by atoms with Crippen LogP contribution in [0.15, 0.2) is 18.2 Å². The molecule has 39 heteroatoms. The average Bonchev–Trinajstić information content (AvgIpc) is 1.67. The predicted octanol–water partition coefficient (Wildman–Crippen LogP) is 2.78. The number of hydrogen-bond donors (Lipinski definition) is 6. The summed E-state index contributed by atoms with van der Waals surface area (Å²) in [5, 5.41) is 17.5. The second-order valence-corrected chi connectivity index (χ2v) is 30.0. The van der Waals surface area contributed by atoms with Gasteiger partial charge in [0.2, 0.25) is 5.91 Å². The first kappa shape index (κ1) is 108. The zero-order valence-electron chi connectivity index (χ0n) is 72.0. The van der Waals surface area contributed by atoms with E-state index in [1.54, 1.807) is 0 Å². The van der Waals surface area contributed by atoms with Crippen molar-refractivity contribution in [1.82, 2.24) is 31.9 Å². The summed E-state index contributed by atoms with van der Waals surface area (Å²) in [7, 11) is 0. The lowest BCUT2D eigenvalue weighted by Crippen LogP contribution is -2.36. The number of fused-ring (bicyclic) bond motifs is 1. The van der Waals surface area contributed by atoms with Crippen LogP contribution in [0.2, 0.25) is 0 Å². The topological polar surface area (TPSA) is 430 Å². The van der Waals surface area contributed by atoms with Crippen molar-refractivity contribution in [2.75, 3.05) is 309 Å². The third kappa shape index (κ3) is 67.6. The second-order valence-electron chi connectivity index (χ2n) is 28.8. The largest absolute Gasteiger partial charge is 0.484 e. The Morgan fingerprint density at radius 2 is 0.650 bits per heavy atom. The van der Waals surface area contributed by atoms with Gasteiger partial charge in [0.05, 0.1) is 289 Å². The molecule has 694 valence electrons. The Morgan fingerprint density at radius 1 is 0.342 bits per heavy atom. The molecule has 0 aliphatic carbocycles. The molecule has 120 heavy (non-hydrogen) atoms. The SMILES string of the molecule is CC(C)(C)OC(=O)CCOCCOCCOCCOCCNC(=O)COc1cc(OCC(=O)NCCOCCOCCOCCOCCC(=O)OC(C)(C)C)cc(C(=O)NCCCC(=O)CCOCCOCCOCCOCCOCCOCCOCCOCCOCCOCCOCCOCCNC(=O)CCCC[C@@H]2SC[C@@H]3NC(=O)N[C@@H]32)c1. The number of ether oxygens (including phenoxy) is 24. The number of amides is 6. The summed E-state index contributed by atoms with van der Waals surface area (Å²) in [5.41, 5.74) is -0.949. The van der Waals surface area contributed by atoms with Crippen molar-refractivity contribution in [2.24, 2.45) is 0 Å². The van der Waals surface area contributed by atoms with Crippen LogP contribution in [-0.2, 0) is 133 Å². The number of carbonyl (C=O) groups excluding carboxylic acids is 8. The number of nitrogens with one attached hydrogen (secondary N) is 6. The van der Waals surface area contributed by atoms with Crippen molar-refractivity contribution in [3.8, 4) is 11.5 Å². The van der Waals surface area contributed by atoms with Crippen LogP contribution >= 0.6 is 11.8 Å². The van der Waals surface area contributed by atoms with Crippen LogP contribution in [0, 0.1) is 0 Å². The highest BCUT2D eigenvalue weighted by Gasteiger charge is 2.42. The number of thioether (sulfide) groups is 1. The van der Waals surface area contributed by atoms with Gasteiger partial charge in [-0.15, -0.1) is 0 Å². The van der Waals surface area contributed by atoms with Crippen LogP contribution < -0.4 is 41.4 Å². The van der Waals surface area contributed by atoms with E-state index in [0.717, 1.165) is 25.0 Å². The van der Waals surface area contributed by atoms with Gasteiger partial charge >= 0.3 is 18.0 Å². The molecule has 3 rings (SSSR count). The van der Waals surface area contributed by atoms with Crippen LogP contribution in [0.3, 0.4) is 0 Å². The van der Waals surface area contributed by atoms with Crippen LogP contribution in [0.5, 0.6) is 11.5 Å². The van der Waals surface area contributed by atoms with E-state index in [1.165, 1.54) is 18.2 Å². The summed E-state index contributed by atoms with van der Waals surface area (Å²) in [6.07, 6.45) is 4.36. The molecule has 1 aromatic carbocycles. The normalized spacial score (nSPS) is 14.5. The number of esters is 2. The minimum Gasteiger partial charge on any atom is -0.484 e. The fraction of sp³-hybridized carbons (Fsp3) is 0.827. The van der Waals surface area contributed by atoms with Gasteiger partial charge in [-0.3, -0.25) is 33.6 Å². The quantitative estimate of drug-likeness (QED) is 0.0310. The Balaban J connectivity index is 1.11. The van der Waals surface area contributed by atoms with E-state index in [-0.39, 0.29) is 150 Å². The molecule has 6 amide bonds. The number of unbranched alkanes of at least 4 members (excludes halogenated alkanes) is 1. The van der Waals surface area contributed by atoms with E-state index < -0.39 is 42.1 Å². The number of urea groups is 1. The number of benzene rings is 1. The molecular formula is C81H142N6O32S. The van der Waals surface area contributed by atoms with Crippen LogP contribution in [0.1, 0.15) is 110 Å². The Kier molecular flexibility index (Phi) is 67.3. The summed E-state index contributed by atoms with van der Waals surface area (Å²) in [6, 6.07) is 4.68. The summed E-state index contributed by atoms with van der Waals surface area (Å²) in [6.45, 7) is 25.8. The molecular weight excluding hydrogens is 1600 g/mol. The minimum absolute atomic E-state index is 0.0257. The first-order valence-electron chi connectivity index (χ1n) is 41.9. The molecule has 2 saturated heterocycles. The summed E-state index contributed by atoms with van der Waals surface area (Å²) < 4.78 is 132. The molecule has 0 aromatic heterocycles. The summed E-state index contributed by atoms with van der Waals surface area (Å²) >= 11 is 1.89. The van der Waals surface area contributed by atoms with E-state index in [4.69, 9.17) is 114 Å². The molecule has 3 atom stereocenters. The van der Waals surface area contributed by atoms with E-state index >= 15 is 0 Å². The third-order valence-electron chi connectivity index (χ3n) is 16.2. The van der Waals surface area contributed by atoms with E-state index in [0.29, 0.717) is 243 Å². The number of ketones is 1. The summed E-state index contributed by atoms with van der Waals surface area (Å²) in [4.78, 5) is 98.8. The van der Waals surface area contributed by atoms with E-state index in [1.807, 2.05) is 53.3 Å². The third-order valence-corrected chi connectivity index (χ3v) is 17.7. The smallest absolute Gasteiger partial charge is 0.315 e. The molecule has 0 unspecified atom stereocenters. The first-order valence-corrected chi connectivity index (χ1v) is 43.0. The van der Waals surface area contributed by atoms with Crippen molar-refractivity contribution in [2.45, 2.75) is 128 Å². The van der Waals surface area contributed by atoms with Gasteiger partial charge in [-0.1, -0.05) is 6.42 Å². The van der Waals surface area contributed by atoms with Crippen LogP contribution in [0.25, 0.3) is 0 Å². The van der Waals surface area contributed by atoms with Crippen molar-refractivity contribution in [3.05, 3.63) is 23.8 Å². The number of carbonyl (C=O) groups is 8. The lowest BCUT2D eigenvalue weighted by molar-refractivity contribution is -0.157. The van der Waals surface area contributed by atoms with E-state index in [9.17, 15) is 38.4 Å². The lowest BCUT2D eigenvalue weighted by atomic mass is 10.0. The van der Waals surface area contributed by atoms with Gasteiger partial charge in [0, 0.05) is 68.1 Å². The maximum absolute atomic E-state index is 13.4. The molecule has 0 saturated carbocycles. The van der Waals surface area contributed by atoms with Crippen LogP contribution in [0.4, 0.5) is 4.79 Å². The number of rotatable bonds is 85. The Morgan fingerprint density at radius 3 is 0.983 bits per heavy atom. The molecule has 2 aliphatic rings. The minimum atomic E-state index is -0.538.